The molecule has 0 radical (unpaired) electrons. The van der Waals surface area contributed by atoms with E-state index in [9.17, 15) is 0 Å². The van der Waals surface area contributed by atoms with E-state index >= 15 is 0 Å². The van der Waals surface area contributed by atoms with E-state index in [1.54, 1.807) is 22.7 Å². The predicted octanol–water partition coefficient (Wildman–Crippen LogP) is 3.40. The van der Waals surface area contributed by atoms with Gasteiger partial charge in [-0.05, 0) is 13.3 Å². The summed E-state index contributed by atoms with van der Waals surface area (Å²) in [5.41, 5.74) is 3.97. The van der Waals surface area contributed by atoms with E-state index in [-0.39, 0.29) is 0 Å². The molecule has 0 saturated carbocycles. The lowest BCUT2D eigenvalue weighted by Crippen LogP contribution is -1.98. The summed E-state index contributed by atoms with van der Waals surface area (Å²) in [5, 5.41) is 6.37. The molecule has 0 atom stereocenters. The van der Waals surface area contributed by atoms with E-state index in [4.69, 9.17) is 0 Å². The Morgan fingerprint density at radius 1 is 1.40 bits per heavy atom. The fourth-order valence-corrected chi connectivity index (χ4v) is 2.81. The first kappa shape index (κ1) is 10.6. The van der Waals surface area contributed by atoms with Crippen molar-refractivity contribution in [3.63, 3.8) is 0 Å². The van der Waals surface area contributed by atoms with Gasteiger partial charge in [-0.15, -0.1) is 22.7 Å². The van der Waals surface area contributed by atoms with E-state index in [0.717, 1.165) is 29.5 Å². The Morgan fingerprint density at radius 2 is 2.27 bits per heavy atom. The summed E-state index contributed by atoms with van der Waals surface area (Å²) in [6.07, 6.45) is 1.12. The predicted molar refractivity (Wildman–Crippen MR) is 66.7 cm³/mol. The first-order valence-electron chi connectivity index (χ1n) is 4.91. The van der Waals surface area contributed by atoms with Crippen LogP contribution >= 0.6 is 22.7 Å². The Balaban J connectivity index is 2.17. The first-order valence-corrected chi connectivity index (χ1v) is 6.67. The second kappa shape index (κ2) is 4.72. The Kier molecular flexibility index (Phi) is 3.33. The minimum Gasteiger partial charge on any atom is -0.362 e. The van der Waals surface area contributed by atoms with E-state index in [1.165, 1.54) is 4.88 Å². The van der Waals surface area contributed by atoms with Crippen molar-refractivity contribution in [2.24, 2.45) is 0 Å². The molecule has 0 saturated heterocycles. The van der Waals surface area contributed by atoms with Gasteiger partial charge in [-0.3, -0.25) is 0 Å². The Bertz CT molecular complexity index is 433. The van der Waals surface area contributed by atoms with Gasteiger partial charge in [0.25, 0.3) is 0 Å². The Labute approximate surface area is 97.2 Å². The van der Waals surface area contributed by atoms with Crippen LogP contribution in [0.3, 0.4) is 0 Å². The Hall–Kier alpha value is -0.940. The van der Waals surface area contributed by atoms with Crippen molar-refractivity contribution >= 4 is 27.8 Å². The van der Waals surface area contributed by atoms with Gasteiger partial charge in [-0.2, -0.15) is 0 Å². The van der Waals surface area contributed by atoms with Crippen LogP contribution in [0, 0.1) is 6.92 Å². The molecule has 0 spiro atoms. The molecule has 0 aliphatic heterocycles. The van der Waals surface area contributed by atoms with E-state index in [0.29, 0.717) is 0 Å². The number of thiazole rings is 2. The molecule has 80 valence electrons. The standard InChI is InChI=1S/C10H13N3S2/c1-3-4-11-10-13-8(5-14-10)9-7(2)12-6-15-9/h5-6H,3-4H2,1-2H3,(H,11,13). The summed E-state index contributed by atoms with van der Waals surface area (Å²) >= 11 is 3.30. The minimum absolute atomic E-state index is 0.981. The third-order valence-corrected chi connectivity index (χ3v) is 3.76. The van der Waals surface area contributed by atoms with Crippen LogP contribution in [0.5, 0.6) is 0 Å². The second-order valence-corrected chi connectivity index (χ2v) is 4.94. The van der Waals surface area contributed by atoms with Crippen molar-refractivity contribution in [3.05, 3.63) is 16.6 Å². The highest BCUT2D eigenvalue weighted by Gasteiger charge is 2.08. The summed E-state index contributed by atoms with van der Waals surface area (Å²) in [5.74, 6) is 0. The van der Waals surface area contributed by atoms with Crippen molar-refractivity contribution in [2.45, 2.75) is 20.3 Å². The molecule has 2 rings (SSSR count). The molecule has 2 aromatic heterocycles. The van der Waals surface area contributed by atoms with Crippen molar-refractivity contribution < 1.29 is 0 Å². The van der Waals surface area contributed by atoms with Crippen molar-refractivity contribution in [1.82, 2.24) is 9.97 Å². The van der Waals surface area contributed by atoms with E-state index in [1.807, 2.05) is 12.4 Å². The molecule has 0 aromatic carbocycles. The normalized spacial score (nSPS) is 10.5. The van der Waals surface area contributed by atoms with Crippen LogP contribution in [-0.2, 0) is 0 Å². The van der Waals surface area contributed by atoms with Crippen LogP contribution in [0.4, 0.5) is 5.13 Å². The lowest BCUT2D eigenvalue weighted by atomic mass is 10.3. The number of anilines is 1. The molecular weight excluding hydrogens is 226 g/mol. The molecule has 0 amide bonds. The molecule has 0 unspecified atom stereocenters. The summed E-state index contributed by atoms with van der Waals surface area (Å²) in [6, 6.07) is 0. The smallest absolute Gasteiger partial charge is 0.183 e. The van der Waals surface area contributed by atoms with Crippen molar-refractivity contribution in [2.75, 3.05) is 11.9 Å². The van der Waals surface area contributed by atoms with Gasteiger partial charge in [0.1, 0.15) is 0 Å². The highest BCUT2D eigenvalue weighted by atomic mass is 32.1. The number of aromatic nitrogens is 2. The molecule has 3 nitrogen and oxygen atoms in total. The Morgan fingerprint density at radius 3 is 2.93 bits per heavy atom. The highest BCUT2D eigenvalue weighted by Crippen LogP contribution is 2.29. The fourth-order valence-electron chi connectivity index (χ4n) is 1.24. The molecule has 0 aliphatic rings. The summed E-state index contributed by atoms with van der Waals surface area (Å²) < 4.78 is 0. The minimum atomic E-state index is 0.981. The molecule has 1 N–H and O–H groups in total. The molecule has 0 bridgehead atoms. The van der Waals surface area contributed by atoms with Gasteiger partial charge in [-0.1, -0.05) is 6.92 Å². The number of hydrogen-bond acceptors (Lipinski definition) is 5. The number of rotatable bonds is 4. The van der Waals surface area contributed by atoms with E-state index in [2.05, 4.69) is 27.6 Å². The number of hydrogen-bond donors (Lipinski definition) is 1. The lowest BCUT2D eigenvalue weighted by Gasteiger charge is -1.97. The SMILES string of the molecule is CCCNc1nc(-c2scnc2C)cs1. The zero-order chi connectivity index (χ0) is 10.7. The molecule has 15 heavy (non-hydrogen) atoms. The zero-order valence-electron chi connectivity index (χ0n) is 8.78. The summed E-state index contributed by atoms with van der Waals surface area (Å²) in [7, 11) is 0. The monoisotopic (exact) mass is 239 g/mol. The van der Waals surface area contributed by atoms with E-state index < -0.39 is 0 Å². The fraction of sp³-hybridized carbons (Fsp3) is 0.400. The van der Waals surface area contributed by atoms with Gasteiger partial charge in [0.2, 0.25) is 0 Å². The van der Waals surface area contributed by atoms with Gasteiger partial charge < -0.3 is 5.32 Å². The van der Waals surface area contributed by atoms with Crippen LogP contribution in [0.15, 0.2) is 10.9 Å². The third-order valence-electron chi connectivity index (χ3n) is 2.01. The maximum absolute atomic E-state index is 4.53. The van der Waals surface area contributed by atoms with Crippen LogP contribution in [-0.4, -0.2) is 16.5 Å². The molecule has 5 heteroatoms. The van der Waals surface area contributed by atoms with Crippen molar-refractivity contribution in [1.29, 1.82) is 0 Å². The van der Waals surface area contributed by atoms with Crippen molar-refractivity contribution in [3.8, 4) is 10.6 Å². The van der Waals surface area contributed by atoms with Crippen LogP contribution in [0.2, 0.25) is 0 Å². The first-order chi connectivity index (χ1) is 7.31. The quantitative estimate of drug-likeness (QED) is 0.888. The van der Waals surface area contributed by atoms with Crippen LogP contribution in [0.1, 0.15) is 19.0 Å². The molecule has 2 heterocycles. The summed E-state index contributed by atoms with van der Waals surface area (Å²) in [4.78, 5) is 9.93. The van der Waals surface area contributed by atoms with Gasteiger partial charge in [-0.25, -0.2) is 9.97 Å². The molecule has 0 aliphatic carbocycles. The largest absolute Gasteiger partial charge is 0.362 e. The van der Waals surface area contributed by atoms with Gasteiger partial charge in [0, 0.05) is 11.9 Å². The van der Waals surface area contributed by atoms with Crippen LogP contribution in [0.25, 0.3) is 10.6 Å². The van der Waals surface area contributed by atoms with Gasteiger partial charge in [0.15, 0.2) is 5.13 Å². The lowest BCUT2D eigenvalue weighted by molar-refractivity contribution is 0.976. The molecular formula is C10H13N3S2. The van der Waals surface area contributed by atoms with Gasteiger partial charge >= 0.3 is 0 Å². The average molecular weight is 239 g/mol. The maximum Gasteiger partial charge on any atom is 0.183 e. The zero-order valence-corrected chi connectivity index (χ0v) is 10.4. The number of nitrogens with zero attached hydrogens (tertiary/aromatic N) is 2. The number of aryl methyl sites for hydroxylation is 1. The topological polar surface area (TPSA) is 37.8 Å². The second-order valence-electron chi connectivity index (χ2n) is 3.23. The maximum atomic E-state index is 4.53. The average Bonchev–Trinajstić information content (AvgIpc) is 2.83. The van der Waals surface area contributed by atoms with Crippen LogP contribution < -0.4 is 5.32 Å². The number of nitrogens with one attached hydrogen (secondary N) is 1. The molecule has 0 fully saturated rings. The summed E-state index contributed by atoms with van der Waals surface area (Å²) in [6.45, 7) is 5.15. The third kappa shape index (κ3) is 2.35. The van der Waals surface area contributed by atoms with Gasteiger partial charge in [0.05, 0.1) is 21.8 Å². The molecule has 2 aromatic rings. The highest BCUT2D eigenvalue weighted by molar-refractivity contribution is 7.15.